The molecule has 0 spiro atoms. The summed E-state index contributed by atoms with van der Waals surface area (Å²) in [5, 5.41) is 11.9. The summed E-state index contributed by atoms with van der Waals surface area (Å²) in [7, 11) is 0. The first-order valence-corrected chi connectivity index (χ1v) is 7.00. The van der Waals surface area contributed by atoms with E-state index in [-0.39, 0.29) is 17.9 Å². The minimum Gasteiger partial charge on any atom is -0.481 e. The van der Waals surface area contributed by atoms with E-state index in [1.165, 1.54) is 6.42 Å². The molecule has 0 radical (unpaired) electrons. The predicted octanol–water partition coefficient (Wildman–Crippen LogP) is 2.57. The molecule has 18 heavy (non-hydrogen) atoms. The van der Waals surface area contributed by atoms with Crippen LogP contribution in [0.2, 0.25) is 0 Å². The van der Waals surface area contributed by atoms with Crippen molar-refractivity contribution >= 4 is 11.9 Å². The lowest BCUT2D eigenvalue weighted by molar-refractivity contribution is -0.142. The summed E-state index contributed by atoms with van der Waals surface area (Å²) >= 11 is 0. The molecule has 4 heteroatoms. The molecular weight excluding hydrogens is 230 g/mol. The molecule has 2 N–H and O–H groups in total. The summed E-state index contributed by atoms with van der Waals surface area (Å²) in [6.07, 6.45) is 6.68. The van der Waals surface area contributed by atoms with Crippen molar-refractivity contribution in [3.05, 3.63) is 0 Å². The summed E-state index contributed by atoms with van der Waals surface area (Å²) in [6, 6.07) is 0. The Hall–Kier alpha value is -1.06. The Morgan fingerprint density at radius 2 is 1.89 bits per heavy atom. The van der Waals surface area contributed by atoms with Gasteiger partial charge in [0.15, 0.2) is 0 Å². The average molecular weight is 255 g/mol. The van der Waals surface area contributed by atoms with E-state index in [2.05, 4.69) is 5.32 Å². The molecular formula is C14H25NO3. The van der Waals surface area contributed by atoms with Crippen LogP contribution in [-0.4, -0.2) is 23.5 Å². The Morgan fingerprint density at radius 3 is 2.39 bits per heavy atom. The third-order valence-corrected chi connectivity index (χ3v) is 4.00. The Bertz CT molecular complexity index is 295. The molecule has 0 aliphatic heterocycles. The molecule has 4 nitrogen and oxygen atoms in total. The van der Waals surface area contributed by atoms with Gasteiger partial charge in [0.25, 0.3) is 0 Å². The van der Waals surface area contributed by atoms with Crippen molar-refractivity contribution in [1.82, 2.24) is 5.32 Å². The summed E-state index contributed by atoms with van der Waals surface area (Å²) in [5.74, 6) is -1.23. The third kappa shape index (κ3) is 4.00. The number of rotatable bonds is 6. The Kier molecular flexibility index (Phi) is 5.63. The highest BCUT2D eigenvalue weighted by atomic mass is 16.4. The Labute approximate surface area is 109 Å². The van der Waals surface area contributed by atoms with Crippen LogP contribution in [-0.2, 0) is 9.59 Å². The molecule has 1 aliphatic carbocycles. The van der Waals surface area contributed by atoms with Crippen molar-refractivity contribution in [2.75, 3.05) is 6.54 Å². The predicted molar refractivity (Wildman–Crippen MR) is 70.2 cm³/mol. The van der Waals surface area contributed by atoms with E-state index < -0.39 is 11.9 Å². The lowest BCUT2D eigenvalue weighted by Gasteiger charge is -2.32. The number of carbonyl (C=O) groups is 2. The molecule has 104 valence electrons. The second kappa shape index (κ2) is 6.76. The molecule has 0 heterocycles. The first-order chi connectivity index (χ1) is 8.49. The van der Waals surface area contributed by atoms with Gasteiger partial charge in [-0.15, -0.1) is 0 Å². The molecule has 1 amide bonds. The number of hydrogen-bond donors (Lipinski definition) is 2. The quantitative estimate of drug-likeness (QED) is 0.766. The SMILES string of the molecule is CCCC(CNC(=O)C1(C)CCCCC1)C(=O)O. The highest BCUT2D eigenvalue weighted by Gasteiger charge is 2.34. The number of nitrogens with one attached hydrogen (secondary N) is 1. The molecule has 1 atom stereocenters. The van der Waals surface area contributed by atoms with Crippen LogP contribution >= 0.6 is 0 Å². The summed E-state index contributed by atoms with van der Waals surface area (Å²) in [4.78, 5) is 23.2. The van der Waals surface area contributed by atoms with Gasteiger partial charge in [-0.2, -0.15) is 0 Å². The van der Waals surface area contributed by atoms with Crippen LogP contribution in [0.5, 0.6) is 0 Å². The standard InChI is InChI=1S/C14H25NO3/c1-3-7-11(12(16)17)10-15-13(18)14(2)8-5-4-6-9-14/h11H,3-10H2,1-2H3,(H,15,18)(H,16,17). The van der Waals surface area contributed by atoms with E-state index in [0.29, 0.717) is 6.42 Å². The van der Waals surface area contributed by atoms with Gasteiger partial charge in [0.05, 0.1) is 5.92 Å². The Balaban J connectivity index is 2.45. The normalized spacial score (nSPS) is 20.1. The maximum Gasteiger partial charge on any atom is 0.308 e. The molecule has 1 saturated carbocycles. The zero-order valence-corrected chi connectivity index (χ0v) is 11.5. The molecule has 1 fully saturated rings. The number of carbonyl (C=O) groups excluding carboxylic acids is 1. The van der Waals surface area contributed by atoms with Crippen molar-refractivity contribution in [1.29, 1.82) is 0 Å². The fraction of sp³-hybridized carbons (Fsp3) is 0.857. The van der Waals surface area contributed by atoms with Crippen molar-refractivity contribution in [3.63, 3.8) is 0 Å². The second-order valence-electron chi connectivity index (χ2n) is 5.66. The van der Waals surface area contributed by atoms with E-state index in [1.807, 2.05) is 13.8 Å². The lowest BCUT2D eigenvalue weighted by atomic mass is 9.75. The van der Waals surface area contributed by atoms with E-state index >= 15 is 0 Å². The molecule has 0 aromatic heterocycles. The summed E-state index contributed by atoms with van der Waals surface area (Å²) in [5.41, 5.74) is -0.284. The van der Waals surface area contributed by atoms with Gasteiger partial charge in [0.2, 0.25) is 5.91 Å². The highest BCUT2D eigenvalue weighted by molar-refractivity contribution is 5.82. The smallest absolute Gasteiger partial charge is 0.308 e. The van der Waals surface area contributed by atoms with Crippen molar-refractivity contribution in [2.24, 2.45) is 11.3 Å². The molecule has 0 aromatic rings. The lowest BCUT2D eigenvalue weighted by Crippen LogP contribution is -2.43. The van der Waals surface area contributed by atoms with Gasteiger partial charge in [0.1, 0.15) is 0 Å². The van der Waals surface area contributed by atoms with Crippen molar-refractivity contribution < 1.29 is 14.7 Å². The van der Waals surface area contributed by atoms with E-state index in [9.17, 15) is 9.59 Å². The maximum atomic E-state index is 12.1. The van der Waals surface area contributed by atoms with E-state index in [4.69, 9.17) is 5.11 Å². The summed E-state index contributed by atoms with van der Waals surface area (Å²) in [6.45, 7) is 4.22. The fourth-order valence-electron chi connectivity index (χ4n) is 2.65. The van der Waals surface area contributed by atoms with Gasteiger partial charge in [-0.25, -0.2) is 0 Å². The minimum absolute atomic E-state index is 0.0320. The fourth-order valence-corrected chi connectivity index (χ4v) is 2.65. The number of carboxylic acid groups (broad SMARTS) is 1. The van der Waals surface area contributed by atoms with Gasteiger partial charge in [-0.3, -0.25) is 9.59 Å². The van der Waals surface area contributed by atoms with Gasteiger partial charge >= 0.3 is 5.97 Å². The van der Waals surface area contributed by atoms with Crippen LogP contribution in [0.15, 0.2) is 0 Å². The number of hydrogen-bond acceptors (Lipinski definition) is 2. The third-order valence-electron chi connectivity index (χ3n) is 4.00. The number of carboxylic acids is 1. The minimum atomic E-state index is -0.814. The average Bonchev–Trinajstić information content (AvgIpc) is 2.34. The maximum absolute atomic E-state index is 12.1. The van der Waals surface area contributed by atoms with Crippen LogP contribution in [0.3, 0.4) is 0 Å². The molecule has 1 aliphatic rings. The molecule has 0 bridgehead atoms. The zero-order chi connectivity index (χ0) is 13.6. The summed E-state index contributed by atoms with van der Waals surface area (Å²) < 4.78 is 0. The molecule has 1 rings (SSSR count). The van der Waals surface area contributed by atoms with Crippen molar-refractivity contribution in [2.45, 2.75) is 58.8 Å². The topological polar surface area (TPSA) is 66.4 Å². The molecule has 0 saturated heterocycles. The van der Waals surface area contributed by atoms with Crippen LogP contribution in [0.1, 0.15) is 58.8 Å². The zero-order valence-electron chi connectivity index (χ0n) is 11.5. The van der Waals surface area contributed by atoms with Gasteiger partial charge in [0, 0.05) is 12.0 Å². The monoisotopic (exact) mass is 255 g/mol. The van der Waals surface area contributed by atoms with E-state index in [0.717, 1.165) is 32.1 Å². The molecule has 1 unspecified atom stereocenters. The van der Waals surface area contributed by atoms with Gasteiger partial charge < -0.3 is 10.4 Å². The first-order valence-electron chi connectivity index (χ1n) is 7.00. The largest absolute Gasteiger partial charge is 0.481 e. The van der Waals surface area contributed by atoms with Crippen LogP contribution in [0, 0.1) is 11.3 Å². The van der Waals surface area contributed by atoms with Crippen molar-refractivity contribution in [3.8, 4) is 0 Å². The number of amides is 1. The van der Waals surface area contributed by atoms with Crippen LogP contribution < -0.4 is 5.32 Å². The molecule has 0 aromatic carbocycles. The van der Waals surface area contributed by atoms with E-state index in [1.54, 1.807) is 0 Å². The van der Waals surface area contributed by atoms with Crippen LogP contribution in [0.25, 0.3) is 0 Å². The van der Waals surface area contributed by atoms with Gasteiger partial charge in [-0.1, -0.05) is 39.5 Å². The highest BCUT2D eigenvalue weighted by Crippen LogP contribution is 2.35. The first kappa shape index (κ1) is 15.0. The number of aliphatic carboxylic acids is 1. The Morgan fingerprint density at radius 1 is 1.28 bits per heavy atom. The second-order valence-corrected chi connectivity index (χ2v) is 5.66. The van der Waals surface area contributed by atoms with Gasteiger partial charge in [-0.05, 0) is 19.3 Å². The van der Waals surface area contributed by atoms with Crippen LogP contribution in [0.4, 0.5) is 0 Å².